The number of hydrogen-bond acceptors (Lipinski definition) is 5. The van der Waals surface area contributed by atoms with Gasteiger partial charge in [-0.2, -0.15) is 0 Å². The van der Waals surface area contributed by atoms with E-state index in [0.29, 0.717) is 19.7 Å². The molecule has 1 aliphatic heterocycles. The van der Waals surface area contributed by atoms with E-state index in [1.54, 1.807) is 0 Å². The lowest BCUT2D eigenvalue weighted by Gasteiger charge is -2.39. The molecular formula is C18H37IN4O3. The smallest absolute Gasteiger partial charge is 0.191 e. The minimum Gasteiger partial charge on any atom is -0.389 e. The number of morpholine rings is 1. The number of aliphatic hydroxyl groups excluding tert-OH is 1. The van der Waals surface area contributed by atoms with Crippen LogP contribution >= 0.6 is 24.0 Å². The Hall–Kier alpha value is -0.160. The first-order chi connectivity index (χ1) is 12.0. The van der Waals surface area contributed by atoms with Gasteiger partial charge in [-0.05, 0) is 39.5 Å². The van der Waals surface area contributed by atoms with E-state index in [-0.39, 0.29) is 29.5 Å². The van der Waals surface area contributed by atoms with Crippen LogP contribution in [0, 0.1) is 5.92 Å². The number of nitrogens with zero attached hydrogens (tertiary/aromatic N) is 2. The molecular weight excluding hydrogens is 447 g/mol. The number of guanidine groups is 1. The van der Waals surface area contributed by atoms with E-state index in [2.05, 4.69) is 29.4 Å². The molecule has 0 radical (unpaired) electrons. The van der Waals surface area contributed by atoms with Gasteiger partial charge in [0.1, 0.15) is 0 Å². The van der Waals surface area contributed by atoms with Crippen LogP contribution in [0.4, 0.5) is 0 Å². The number of aliphatic imine (C=N–C) groups is 1. The van der Waals surface area contributed by atoms with Crippen molar-refractivity contribution in [3.8, 4) is 0 Å². The lowest BCUT2D eigenvalue weighted by atomic mass is 10.0. The maximum Gasteiger partial charge on any atom is 0.191 e. The van der Waals surface area contributed by atoms with Crippen LogP contribution in [0.1, 0.15) is 33.6 Å². The number of ether oxygens (including phenoxy) is 2. The Bertz CT molecular complexity index is 413. The first-order valence-corrected chi connectivity index (χ1v) is 9.62. The second kappa shape index (κ2) is 12.3. The van der Waals surface area contributed by atoms with Gasteiger partial charge in [0.25, 0.3) is 0 Å². The zero-order valence-electron chi connectivity index (χ0n) is 16.5. The third-order valence-corrected chi connectivity index (χ3v) is 4.70. The molecule has 2 rings (SSSR count). The molecule has 0 aromatic carbocycles. The molecule has 0 amide bonds. The van der Waals surface area contributed by atoms with E-state index in [0.717, 1.165) is 51.3 Å². The standard InChI is InChI=1S/C18H36N4O3.HI/c1-4-19-17(20-11-16(23)13-25-12-15-5-6-15)21-14-18(2,3)22-7-9-24-10-8-22;/h15-16,23H,4-14H2,1-3H3,(H2,19,20,21);1H. The SMILES string of the molecule is CCNC(=NCC(C)(C)N1CCOCC1)NCC(O)COCC1CC1.I. The molecule has 0 aromatic heterocycles. The van der Waals surface area contributed by atoms with Crippen LogP contribution in [0.3, 0.4) is 0 Å². The van der Waals surface area contributed by atoms with Crippen molar-refractivity contribution in [2.45, 2.75) is 45.3 Å². The molecule has 0 aromatic rings. The fourth-order valence-corrected chi connectivity index (χ4v) is 2.81. The number of aliphatic hydroxyl groups is 1. The number of halogens is 1. The third-order valence-electron chi connectivity index (χ3n) is 4.70. The lowest BCUT2D eigenvalue weighted by Crippen LogP contribution is -2.52. The van der Waals surface area contributed by atoms with Crippen LogP contribution in [-0.2, 0) is 9.47 Å². The van der Waals surface area contributed by atoms with Gasteiger partial charge in [-0.1, -0.05) is 0 Å². The molecule has 3 N–H and O–H groups in total. The van der Waals surface area contributed by atoms with Gasteiger partial charge in [0, 0.05) is 38.3 Å². The summed E-state index contributed by atoms with van der Waals surface area (Å²) in [5, 5.41) is 16.5. The second-order valence-electron chi connectivity index (χ2n) is 7.62. The summed E-state index contributed by atoms with van der Waals surface area (Å²) in [5.74, 6) is 1.46. The summed E-state index contributed by atoms with van der Waals surface area (Å²) < 4.78 is 11.0. The van der Waals surface area contributed by atoms with Crippen molar-refractivity contribution in [2.75, 3.05) is 59.2 Å². The van der Waals surface area contributed by atoms with Crippen LogP contribution in [0.25, 0.3) is 0 Å². The molecule has 26 heavy (non-hydrogen) atoms. The van der Waals surface area contributed by atoms with Gasteiger partial charge in [0.2, 0.25) is 0 Å². The van der Waals surface area contributed by atoms with Gasteiger partial charge in [0.05, 0.1) is 32.5 Å². The van der Waals surface area contributed by atoms with Gasteiger partial charge in [-0.15, -0.1) is 24.0 Å². The van der Waals surface area contributed by atoms with Gasteiger partial charge < -0.3 is 25.2 Å². The fraction of sp³-hybridized carbons (Fsp3) is 0.944. The summed E-state index contributed by atoms with van der Waals surface area (Å²) in [6.07, 6.45) is 2.02. The molecule has 1 saturated carbocycles. The molecule has 0 spiro atoms. The minimum absolute atomic E-state index is 0. The fourth-order valence-electron chi connectivity index (χ4n) is 2.81. The first kappa shape index (κ1) is 23.9. The number of nitrogens with one attached hydrogen (secondary N) is 2. The van der Waals surface area contributed by atoms with E-state index in [4.69, 9.17) is 14.5 Å². The van der Waals surface area contributed by atoms with E-state index in [1.807, 2.05) is 6.92 Å². The normalized spacial score (nSPS) is 20.4. The zero-order valence-corrected chi connectivity index (χ0v) is 18.8. The quantitative estimate of drug-likeness (QED) is 0.245. The minimum atomic E-state index is -0.519. The van der Waals surface area contributed by atoms with Crippen molar-refractivity contribution in [1.29, 1.82) is 0 Å². The Labute approximate surface area is 175 Å². The van der Waals surface area contributed by atoms with Crippen LogP contribution in [-0.4, -0.2) is 86.8 Å². The lowest BCUT2D eigenvalue weighted by molar-refractivity contribution is -0.00685. The molecule has 1 aliphatic carbocycles. The van der Waals surface area contributed by atoms with Crippen molar-refractivity contribution in [3.05, 3.63) is 0 Å². The zero-order chi connectivity index (χ0) is 18.1. The van der Waals surface area contributed by atoms with Crippen molar-refractivity contribution in [3.63, 3.8) is 0 Å². The molecule has 2 aliphatic rings. The van der Waals surface area contributed by atoms with Crippen molar-refractivity contribution < 1.29 is 14.6 Å². The molecule has 0 bridgehead atoms. The van der Waals surface area contributed by atoms with Crippen molar-refractivity contribution in [2.24, 2.45) is 10.9 Å². The summed E-state index contributed by atoms with van der Waals surface area (Å²) in [4.78, 5) is 7.13. The largest absolute Gasteiger partial charge is 0.389 e. The van der Waals surface area contributed by atoms with Crippen molar-refractivity contribution >= 4 is 29.9 Å². The molecule has 1 atom stereocenters. The Morgan fingerprint density at radius 3 is 2.62 bits per heavy atom. The Morgan fingerprint density at radius 1 is 1.31 bits per heavy atom. The molecule has 154 valence electrons. The summed E-state index contributed by atoms with van der Waals surface area (Å²) in [6.45, 7) is 13.0. The molecule has 2 fully saturated rings. The Kier molecular flexibility index (Phi) is 11.3. The Morgan fingerprint density at radius 2 is 2.00 bits per heavy atom. The Balaban J connectivity index is 0.00000338. The van der Waals surface area contributed by atoms with Gasteiger partial charge in [-0.25, -0.2) is 0 Å². The second-order valence-corrected chi connectivity index (χ2v) is 7.62. The van der Waals surface area contributed by atoms with Crippen LogP contribution in [0.15, 0.2) is 4.99 Å². The highest BCUT2D eigenvalue weighted by atomic mass is 127. The van der Waals surface area contributed by atoms with E-state index in [9.17, 15) is 5.11 Å². The average Bonchev–Trinajstić information content (AvgIpc) is 3.42. The maximum atomic E-state index is 10.0. The average molecular weight is 484 g/mol. The van der Waals surface area contributed by atoms with Gasteiger partial charge >= 0.3 is 0 Å². The highest BCUT2D eigenvalue weighted by molar-refractivity contribution is 14.0. The maximum absolute atomic E-state index is 10.0. The summed E-state index contributed by atoms with van der Waals surface area (Å²) >= 11 is 0. The van der Waals surface area contributed by atoms with Crippen molar-refractivity contribution in [1.82, 2.24) is 15.5 Å². The molecule has 8 heteroatoms. The third kappa shape index (κ3) is 9.16. The topological polar surface area (TPSA) is 78.4 Å². The number of rotatable bonds is 10. The van der Waals surface area contributed by atoms with Gasteiger partial charge in [0.15, 0.2) is 5.96 Å². The van der Waals surface area contributed by atoms with E-state index in [1.165, 1.54) is 12.8 Å². The van der Waals surface area contributed by atoms with E-state index < -0.39 is 6.10 Å². The van der Waals surface area contributed by atoms with Crippen LogP contribution in [0.5, 0.6) is 0 Å². The highest BCUT2D eigenvalue weighted by Crippen LogP contribution is 2.28. The van der Waals surface area contributed by atoms with Crippen LogP contribution < -0.4 is 10.6 Å². The monoisotopic (exact) mass is 484 g/mol. The molecule has 1 saturated heterocycles. The van der Waals surface area contributed by atoms with Crippen LogP contribution in [0.2, 0.25) is 0 Å². The molecule has 7 nitrogen and oxygen atoms in total. The predicted octanol–water partition coefficient (Wildman–Crippen LogP) is 1.06. The molecule has 1 unspecified atom stereocenters. The van der Waals surface area contributed by atoms with Gasteiger partial charge in [-0.3, -0.25) is 9.89 Å². The first-order valence-electron chi connectivity index (χ1n) is 9.62. The summed E-state index contributed by atoms with van der Waals surface area (Å²) in [6, 6.07) is 0. The highest BCUT2D eigenvalue weighted by Gasteiger charge is 2.28. The molecule has 1 heterocycles. The van der Waals surface area contributed by atoms with E-state index >= 15 is 0 Å². The summed E-state index contributed by atoms with van der Waals surface area (Å²) in [5.41, 5.74) is -0.0158. The number of hydrogen-bond donors (Lipinski definition) is 3. The summed E-state index contributed by atoms with van der Waals surface area (Å²) in [7, 11) is 0. The predicted molar refractivity (Wildman–Crippen MR) is 115 cm³/mol.